The quantitative estimate of drug-likeness (QED) is 0.433. The fraction of sp³-hybridized carbons (Fsp3) is 0.438. The van der Waals surface area contributed by atoms with Crippen LogP contribution in [0.2, 0.25) is 0 Å². The topological polar surface area (TPSA) is 66.0 Å². The molecule has 0 aromatic carbocycles. The van der Waals surface area contributed by atoms with Crippen molar-refractivity contribution in [2.75, 3.05) is 5.73 Å². The second-order valence-electron chi connectivity index (χ2n) is 6.19. The van der Waals surface area contributed by atoms with Crippen molar-refractivity contribution in [3.05, 3.63) is 25.0 Å². The zero-order valence-corrected chi connectivity index (χ0v) is 19.3. The maximum Gasteiger partial charge on any atom is 0.148 e. The molecule has 1 radical (unpaired) electrons. The van der Waals surface area contributed by atoms with Gasteiger partial charge in [-0.1, -0.05) is 32.8 Å². The van der Waals surface area contributed by atoms with Crippen molar-refractivity contribution in [3.8, 4) is 12.3 Å². The smallest absolute Gasteiger partial charge is 0.148 e. The predicted molar refractivity (Wildman–Crippen MR) is 82.1 cm³/mol. The Kier molecular flexibility index (Phi) is 6.61. The molecular formula is C16H19N4OWY-. The van der Waals surface area contributed by atoms with E-state index in [1.807, 2.05) is 10.8 Å². The van der Waals surface area contributed by atoms with Crippen molar-refractivity contribution in [3.63, 3.8) is 0 Å². The molecule has 1 saturated heterocycles. The van der Waals surface area contributed by atoms with E-state index < -0.39 is 0 Å². The first-order valence-corrected chi connectivity index (χ1v) is 6.94. The third kappa shape index (κ3) is 3.16. The van der Waals surface area contributed by atoms with Crippen molar-refractivity contribution in [1.29, 1.82) is 0 Å². The first-order chi connectivity index (χ1) is 9.87. The standard InChI is InChI=1S/C16H19N4O.W.Y/c1-6-11-7-20(14-12(11)13(17)18-8-19-14)15-16(4,5)9(2)10(3)21-15;;/h1,7-10,15H,3H2,2,4-5H3,(H2,17,18,19);;/q-1;;/t9?,10?,15-;;/m1../s1. The Morgan fingerprint density at radius 1 is 1.43 bits per heavy atom. The van der Waals surface area contributed by atoms with Gasteiger partial charge in [-0.3, -0.25) is 0 Å². The van der Waals surface area contributed by atoms with Gasteiger partial charge in [0.2, 0.25) is 0 Å². The number of fused-ring (bicyclic) bond motifs is 1. The number of rotatable bonds is 1. The van der Waals surface area contributed by atoms with Crippen LogP contribution in [0, 0.1) is 30.6 Å². The molecule has 0 spiro atoms. The first kappa shape index (κ1) is 20.8. The Hall–Kier alpha value is -0.268. The van der Waals surface area contributed by atoms with Crippen molar-refractivity contribution in [2.24, 2.45) is 11.3 Å². The zero-order chi connectivity index (χ0) is 15.4. The molecule has 1 aliphatic rings. The van der Waals surface area contributed by atoms with E-state index in [9.17, 15) is 0 Å². The Morgan fingerprint density at radius 3 is 2.61 bits per heavy atom. The number of aromatic nitrogens is 3. The summed E-state index contributed by atoms with van der Waals surface area (Å²) < 4.78 is 8.03. The van der Waals surface area contributed by atoms with Gasteiger partial charge in [0.15, 0.2) is 0 Å². The average Bonchev–Trinajstić information content (AvgIpc) is 2.91. The van der Waals surface area contributed by atoms with Crippen LogP contribution in [0.25, 0.3) is 11.0 Å². The molecule has 5 nitrogen and oxygen atoms in total. The van der Waals surface area contributed by atoms with Crippen LogP contribution in [0.1, 0.15) is 32.6 Å². The van der Waals surface area contributed by atoms with E-state index in [4.69, 9.17) is 16.9 Å². The molecule has 0 bridgehead atoms. The molecule has 1 aliphatic heterocycles. The van der Waals surface area contributed by atoms with Crippen molar-refractivity contribution < 1.29 is 58.5 Å². The van der Waals surface area contributed by atoms with Crippen LogP contribution in [0.15, 0.2) is 12.5 Å². The average molecular weight is 556 g/mol. The van der Waals surface area contributed by atoms with E-state index >= 15 is 0 Å². The number of ether oxygens (including phenoxy) is 1. The van der Waals surface area contributed by atoms with Crippen LogP contribution in [0.5, 0.6) is 0 Å². The second-order valence-corrected chi connectivity index (χ2v) is 6.19. The summed E-state index contributed by atoms with van der Waals surface area (Å²) in [4.78, 5) is 8.37. The van der Waals surface area contributed by atoms with Crippen LogP contribution in [0.3, 0.4) is 0 Å². The molecule has 7 heteroatoms. The van der Waals surface area contributed by atoms with Crippen LogP contribution < -0.4 is 5.73 Å². The Morgan fingerprint density at radius 2 is 2.09 bits per heavy atom. The summed E-state index contributed by atoms with van der Waals surface area (Å²) in [5.74, 6) is 3.36. The van der Waals surface area contributed by atoms with Crippen molar-refractivity contribution >= 4 is 16.9 Å². The fourth-order valence-electron chi connectivity index (χ4n) is 2.98. The van der Waals surface area contributed by atoms with E-state index in [0.29, 0.717) is 28.3 Å². The van der Waals surface area contributed by atoms with E-state index in [1.165, 1.54) is 6.33 Å². The largest absolute Gasteiger partial charge is 0.386 e. The SMILES string of the molecule is C#Cc1cn([C@@H]2OC([CH2-])C(C)C2(C)C)c2ncnc(N)c12.[W].[Y]. The number of hydrogen-bond acceptors (Lipinski definition) is 4. The molecule has 2 aromatic rings. The van der Waals surface area contributed by atoms with E-state index in [-0.39, 0.29) is 71.5 Å². The number of nitrogens with zero attached hydrogens (tertiary/aromatic N) is 3. The van der Waals surface area contributed by atoms with Crippen LogP contribution >= 0.6 is 0 Å². The molecule has 3 heterocycles. The first-order valence-electron chi connectivity index (χ1n) is 6.94. The van der Waals surface area contributed by atoms with Crippen LogP contribution in [-0.4, -0.2) is 20.6 Å². The van der Waals surface area contributed by atoms with Gasteiger partial charge in [-0.2, -0.15) is 0 Å². The fourth-order valence-corrected chi connectivity index (χ4v) is 2.98. The molecule has 2 N–H and O–H groups in total. The Bertz CT molecular complexity index is 752. The number of hydrogen-bond donors (Lipinski definition) is 1. The van der Waals surface area contributed by atoms with E-state index in [1.54, 1.807) is 0 Å². The van der Waals surface area contributed by atoms with Gasteiger partial charge < -0.3 is 22.0 Å². The van der Waals surface area contributed by atoms with Gasteiger partial charge in [0, 0.05) is 65.4 Å². The maximum atomic E-state index is 6.06. The summed E-state index contributed by atoms with van der Waals surface area (Å²) in [6.45, 7) is 10.6. The molecule has 2 aromatic heterocycles. The molecule has 2 unspecified atom stereocenters. The van der Waals surface area contributed by atoms with Gasteiger partial charge >= 0.3 is 0 Å². The van der Waals surface area contributed by atoms with Crippen LogP contribution in [0.4, 0.5) is 5.82 Å². The Balaban J connectivity index is 0.00000132. The van der Waals surface area contributed by atoms with Crippen molar-refractivity contribution in [2.45, 2.75) is 33.1 Å². The maximum absolute atomic E-state index is 6.06. The molecule has 0 amide bonds. The normalized spacial score (nSPS) is 25.4. The molecule has 0 aliphatic carbocycles. The van der Waals surface area contributed by atoms with Gasteiger partial charge in [-0.25, -0.2) is 9.97 Å². The third-order valence-electron chi connectivity index (χ3n) is 4.72. The minimum absolute atomic E-state index is 0. The van der Waals surface area contributed by atoms with Crippen molar-refractivity contribution in [1.82, 2.24) is 14.5 Å². The molecular weight excluding hydrogens is 537 g/mol. The molecule has 3 rings (SSSR count). The summed E-state index contributed by atoms with van der Waals surface area (Å²) in [6, 6.07) is 0. The van der Waals surface area contributed by atoms with Gasteiger partial charge in [-0.05, 0) is 5.92 Å². The summed E-state index contributed by atoms with van der Waals surface area (Å²) in [7, 11) is 0. The predicted octanol–water partition coefficient (Wildman–Crippen LogP) is 2.38. The monoisotopic (exact) mass is 556 g/mol. The minimum atomic E-state index is -0.186. The number of anilines is 1. The second kappa shape index (κ2) is 7.32. The molecule has 3 atom stereocenters. The summed E-state index contributed by atoms with van der Waals surface area (Å²) in [6.07, 6.45) is 8.65. The number of terminal acetylenes is 1. The van der Waals surface area contributed by atoms with E-state index in [2.05, 4.69) is 43.6 Å². The van der Waals surface area contributed by atoms with Crippen LogP contribution in [-0.2, 0) is 58.5 Å². The molecule has 0 saturated carbocycles. The minimum Gasteiger partial charge on any atom is -0.386 e. The van der Waals surface area contributed by atoms with Gasteiger partial charge in [0.05, 0.1) is 10.9 Å². The van der Waals surface area contributed by atoms with Gasteiger partial charge in [0.25, 0.3) is 0 Å². The number of nitrogen functional groups attached to an aromatic ring is 1. The summed E-state index contributed by atoms with van der Waals surface area (Å²) in [5, 5.41) is 0.708. The van der Waals surface area contributed by atoms with Gasteiger partial charge in [0.1, 0.15) is 24.0 Å². The summed E-state index contributed by atoms with van der Waals surface area (Å²) in [5.41, 5.74) is 7.25. The summed E-state index contributed by atoms with van der Waals surface area (Å²) >= 11 is 0. The molecule has 23 heavy (non-hydrogen) atoms. The van der Waals surface area contributed by atoms with Gasteiger partial charge in [-0.15, -0.1) is 6.42 Å². The Labute approximate surface area is 176 Å². The zero-order valence-electron chi connectivity index (χ0n) is 13.5. The van der Waals surface area contributed by atoms with E-state index in [0.717, 1.165) is 0 Å². The number of nitrogens with two attached hydrogens (primary N) is 1. The molecule has 119 valence electrons. The molecule has 1 fully saturated rings. The third-order valence-corrected chi connectivity index (χ3v) is 4.72.